The first-order valence-corrected chi connectivity index (χ1v) is 6.63. The van der Waals surface area contributed by atoms with Crippen LogP contribution in [0.4, 0.5) is 0 Å². The van der Waals surface area contributed by atoms with Crippen LogP contribution in [-0.2, 0) is 4.79 Å². The maximum atomic E-state index is 10.7. The van der Waals surface area contributed by atoms with Gasteiger partial charge in [0.15, 0.2) is 11.5 Å². The van der Waals surface area contributed by atoms with Crippen molar-refractivity contribution in [2.24, 2.45) is 5.73 Å². The minimum absolute atomic E-state index is 0.0487. The van der Waals surface area contributed by atoms with Gasteiger partial charge in [0, 0.05) is 12.5 Å². The van der Waals surface area contributed by atoms with Crippen LogP contribution in [0.2, 0.25) is 0 Å². The van der Waals surface area contributed by atoms with Crippen molar-refractivity contribution in [3.8, 4) is 11.5 Å². The molecule has 1 aromatic carbocycles. The number of hydrogen-bond acceptors (Lipinski definition) is 4. The number of hydrogen-bond donors (Lipinski definition) is 2. The summed E-state index contributed by atoms with van der Waals surface area (Å²) in [6, 6.07) is 3.43. The van der Waals surface area contributed by atoms with Crippen LogP contribution in [0.15, 0.2) is 12.1 Å². The summed E-state index contributed by atoms with van der Waals surface area (Å²) in [7, 11) is 3.16. The maximum absolute atomic E-state index is 10.7. The molecule has 0 aromatic heterocycles. The van der Waals surface area contributed by atoms with Crippen molar-refractivity contribution in [3.63, 3.8) is 0 Å². The lowest BCUT2D eigenvalue weighted by atomic mass is 9.90. The fraction of sp³-hybridized carbons (Fsp3) is 0.533. The van der Waals surface area contributed by atoms with Crippen molar-refractivity contribution >= 4 is 5.97 Å². The number of carboxylic acids is 1. The smallest absolute Gasteiger partial charge is 0.303 e. The average Bonchev–Trinajstić information content (AvgIpc) is 2.42. The molecule has 0 saturated heterocycles. The summed E-state index contributed by atoms with van der Waals surface area (Å²) < 4.78 is 10.6. The van der Waals surface area contributed by atoms with Gasteiger partial charge in [-0.2, -0.15) is 0 Å². The lowest BCUT2D eigenvalue weighted by Crippen LogP contribution is -2.15. The first kappa shape index (κ1) is 16.3. The molecule has 0 bridgehead atoms. The highest BCUT2D eigenvalue weighted by Crippen LogP contribution is 2.36. The third-order valence-electron chi connectivity index (χ3n) is 3.28. The third kappa shape index (κ3) is 3.87. The second-order valence-corrected chi connectivity index (χ2v) is 5.03. The minimum atomic E-state index is -0.841. The van der Waals surface area contributed by atoms with Gasteiger partial charge in [0.1, 0.15) is 0 Å². The molecule has 0 saturated carbocycles. The van der Waals surface area contributed by atoms with Gasteiger partial charge in [-0.25, -0.2) is 0 Å². The lowest BCUT2D eigenvalue weighted by Gasteiger charge is -2.21. The second-order valence-electron chi connectivity index (χ2n) is 5.03. The van der Waals surface area contributed by atoms with Crippen LogP contribution in [0.1, 0.15) is 49.8 Å². The Labute approximate surface area is 119 Å². The molecular formula is C15H23NO4. The molecule has 5 heteroatoms. The van der Waals surface area contributed by atoms with Gasteiger partial charge in [0.25, 0.3) is 0 Å². The van der Waals surface area contributed by atoms with E-state index >= 15 is 0 Å². The zero-order chi connectivity index (χ0) is 15.3. The topological polar surface area (TPSA) is 81.8 Å². The fourth-order valence-corrected chi connectivity index (χ4v) is 2.17. The molecule has 0 amide bonds. The average molecular weight is 281 g/mol. The highest BCUT2D eigenvalue weighted by molar-refractivity contribution is 5.66. The van der Waals surface area contributed by atoms with Crippen LogP contribution in [0.3, 0.4) is 0 Å². The predicted octanol–water partition coefficient (Wildman–Crippen LogP) is 2.69. The van der Waals surface area contributed by atoms with E-state index in [1.54, 1.807) is 14.2 Å². The van der Waals surface area contributed by atoms with Crippen LogP contribution in [0.5, 0.6) is 11.5 Å². The van der Waals surface area contributed by atoms with E-state index in [1.807, 2.05) is 12.1 Å². The summed E-state index contributed by atoms with van der Waals surface area (Å²) in [5.41, 5.74) is 8.11. The first-order valence-electron chi connectivity index (χ1n) is 6.63. The van der Waals surface area contributed by atoms with Gasteiger partial charge < -0.3 is 20.3 Å². The van der Waals surface area contributed by atoms with E-state index in [-0.39, 0.29) is 18.4 Å². The monoisotopic (exact) mass is 281 g/mol. The zero-order valence-electron chi connectivity index (χ0n) is 12.5. The Hall–Kier alpha value is -1.75. The van der Waals surface area contributed by atoms with Crippen LogP contribution >= 0.6 is 0 Å². The van der Waals surface area contributed by atoms with Crippen LogP contribution in [0.25, 0.3) is 0 Å². The standard InChI is InChI=1S/C15H23NO4/c1-9(2)10-7-13(19-3)14(20-4)8-11(10)12(16)5-6-15(17)18/h7-9,12H,5-6,16H2,1-4H3,(H,17,18). The molecule has 0 spiro atoms. The van der Waals surface area contributed by atoms with Crippen LogP contribution < -0.4 is 15.2 Å². The Kier molecular flexibility index (Phi) is 5.82. The second kappa shape index (κ2) is 7.14. The minimum Gasteiger partial charge on any atom is -0.493 e. The number of ether oxygens (including phenoxy) is 2. The van der Waals surface area contributed by atoms with E-state index in [2.05, 4.69) is 13.8 Å². The van der Waals surface area contributed by atoms with Crippen molar-refractivity contribution in [2.45, 2.75) is 38.6 Å². The maximum Gasteiger partial charge on any atom is 0.303 e. The third-order valence-corrected chi connectivity index (χ3v) is 3.28. The van der Waals surface area contributed by atoms with Crippen molar-refractivity contribution in [3.05, 3.63) is 23.3 Å². The number of rotatable bonds is 7. The molecule has 1 rings (SSSR count). The molecule has 112 valence electrons. The Morgan fingerprint density at radius 2 is 1.70 bits per heavy atom. The summed E-state index contributed by atoms with van der Waals surface area (Å²) in [5.74, 6) is 0.691. The number of nitrogens with two attached hydrogens (primary N) is 1. The molecule has 1 atom stereocenters. The summed E-state index contributed by atoms with van der Waals surface area (Å²) in [6.07, 6.45) is 0.442. The number of benzene rings is 1. The molecule has 0 radical (unpaired) electrons. The summed E-state index contributed by atoms with van der Waals surface area (Å²) in [4.78, 5) is 10.7. The summed E-state index contributed by atoms with van der Waals surface area (Å²) in [6.45, 7) is 4.13. The number of methoxy groups -OCH3 is 2. The van der Waals surface area contributed by atoms with Gasteiger partial charge in [-0.3, -0.25) is 4.79 Å². The van der Waals surface area contributed by atoms with Crippen molar-refractivity contribution in [2.75, 3.05) is 14.2 Å². The summed E-state index contributed by atoms with van der Waals surface area (Å²) in [5, 5.41) is 8.77. The first-order chi connectivity index (χ1) is 9.40. The van der Waals surface area contributed by atoms with Crippen LogP contribution in [0, 0.1) is 0 Å². The molecule has 0 aliphatic carbocycles. The molecule has 0 aliphatic rings. The largest absolute Gasteiger partial charge is 0.493 e. The normalized spacial score (nSPS) is 12.3. The molecule has 20 heavy (non-hydrogen) atoms. The number of aliphatic carboxylic acids is 1. The zero-order valence-corrected chi connectivity index (χ0v) is 12.5. The fourth-order valence-electron chi connectivity index (χ4n) is 2.17. The molecule has 5 nitrogen and oxygen atoms in total. The molecular weight excluding hydrogens is 258 g/mol. The van der Waals surface area contributed by atoms with E-state index in [0.717, 1.165) is 11.1 Å². The highest BCUT2D eigenvalue weighted by Gasteiger charge is 2.18. The molecule has 3 N–H and O–H groups in total. The molecule has 0 fully saturated rings. The Bertz CT molecular complexity index is 471. The van der Waals surface area contributed by atoms with Crippen molar-refractivity contribution in [1.29, 1.82) is 0 Å². The van der Waals surface area contributed by atoms with Crippen molar-refractivity contribution < 1.29 is 19.4 Å². The predicted molar refractivity (Wildman–Crippen MR) is 77.4 cm³/mol. The molecule has 0 aliphatic heterocycles. The van der Waals surface area contributed by atoms with E-state index < -0.39 is 5.97 Å². The van der Waals surface area contributed by atoms with Gasteiger partial charge in [-0.15, -0.1) is 0 Å². The van der Waals surface area contributed by atoms with Crippen molar-refractivity contribution in [1.82, 2.24) is 0 Å². The van der Waals surface area contributed by atoms with Gasteiger partial charge in [-0.05, 0) is 35.6 Å². The number of carboxylic acid groups (broad SMARTS) is 1. The van der Waals surface area contributed by atoms with Crippen LogP contribution in [-0.4, -0.2) is 25.3 Å². The molecule has 0 heterocycles. The Morgan fingerprint density at radius 3 is 2.10 bits per heavy atom. The van der Waals surface area contributed by atoms with Gasteiger partial charge in [0.05, 0.1) is 14.2 Å². The SMILES string of the molecule is COc1cc(C(C)C)c(C(N)CCC(=O)O)cc1OC. The quantitative estimate of drug-likeness (QED) is 0.803. The van der Waals surface area contributed by atoms with Gasteiger partial charge in [-0.1, -0.05) is 13.8 Å². The molecule has 1 aromatic rings. The van der Waals surface area contributed by atoms with E-state index in [4.69, 9.17) is 20.3 Å². The van der Waals surface area contributed by atoms with E-state index in [1.165, 1.54) is 0 Å². The lowest BCUT2D eigenvalue weighted by molar-refractivity contribution is -0.137. The van der Waals surface area contributed by atoms with Gasteiger partial charge in [0.2, 0.25) is 0 Å². The number of carbonyl (C=O) groups is 1. The van der Waals surface area contributed by atoms with E-state index in [0.29, 0.717) is 17.9 Å². The Balaban J connectivity index is 3.17. The van der Waals surface area contributed by atoms with Gasteiger partial charge >= 0.3 is 5.97 Å². The summed E-state index contributed by atoms with van der Waals surface area (Å²) >= 11 is 0. The molecule has 1 unspecified atom stereocenters. The van der Waals surface area contributed by atoms with E-state index in [9.17, 15) is 4.79 Å². The Morgan fingerprint density at radius 1 is 1.20 bits per heavy atom. The highest BCUT2D eigenvalue weighted by atomic mass is 16.5.